The van der Waals surface area contributed by atoms with Crippen molar-refractivity contribution in [1.82, 2.24) is 9.55 Å². The van der Waals surface area contributed by atoms with Gasteiger partial charge >= 0.3 is 5.97 Å². The zero-order chi connectivity index (χ0) is 18.7. The molecule has 0 spiro atoms. The Bertz CT molecular complexity index is 1030. The molecular formula is C19H15ClN2O4. The highest BCUT2D eigenvalue weighted by atomic mass is 35.5. The number of carbonyl (C=O) groups excluding carboxylic acids is 2. The Balaban J connectivity index is 1.70. The molecule has 0 aliphatic carbocycles. The maximum atomic E-state index is 12.4. The quantitative estimate of drug-likeness (QED) is 0.509. The number of hydrogen-bond acceptors (Lipinski definition) is 5. The minimum Gasteiger partial charge on any atom is -0.453 e. The van der Waals surface area contributed by atoms with Gasteiger partial charge in [-0.15, -0.1) is 0 Å². The summed E-state index contributed by atoms with van der Waals surface area (Å²) in [6.07, 6.45) is 0.310. The van der Waals surface area contributed by atoms with Crippen LogP contribution in [0.15, 0.2) is 59.7 Å². The van der Waals surface area contributed by atoms with Crippen LogP contribution in [0.25, 0.3) is 10.9 Å². The summed E-state index contributed by atoms with van der Waals surface area (Å²) in [7, 11) is 0. The predicted molar refractivity (Wildman–Crippen MR) is 97.3 cm³/mol. The maximum absolute atomic E-state index is 12.4. The van der Waals surface area contributed by atoms with E-state index in [-0.39, 0.29) is 17.9 Å². The Morgan fingerprint density at radius 2 is 1.85 bits per heavy atom. The van der Waals surface area contributed by atoms with E-state index in [9.17, 15) is 14.4 Å². The molecule has 0 N–H and O–H groups in total. The molecule has 26 heavy (non-hydrogen) atoms. The summed E-state index contributed by atoms with van der Waals surface area (Å²) in [4.78, 5) is 40.9. The van der Waals surface area contributed by atoms with Gasteiger partial charge in [-0.3, -0.25) is 19.0 Å². The van der Waals surface area contributed by atoms with Gasteiger partial charge in [-0.2, -0.15) is 0 Å². The lowest BCUT2D eigenvalue weighted by Gasteiger charge is -2.13. The van der Waals surface area contributed by atoms with E-state index in [4.69, 9.17) is 16.3 Å². The molecular weight excluding hydrogens is 356 g/mol. The molecule has 1 aromatic heterocycles. The number of para-hydroxylation sites is 1. The monoisotopic (exact) mass is 370 g/mol. The van der Waals surface area contributed by atoms with Crippen LogP contribution in [0.5, 0.6) is 0 Å². The summed E-state index contributed by atoms with van der Waals surface area (Å²) in [5.41, 5.74) is 0.594. The normalized spacial score (nSPS) is 11.9. The second kappa shape index (κ2) is 7.49. The third kappa shape index (κ3) is 3.81. The standard InChI is InChI=1S/C19H15ClN2O4/c1-12(18(24)13-6-8-14(20)9-7-13)26-17(23)10-22-11-21-16-5-3-2-4-15(16)19(22)25/h2-9,11-12H,10H2,1H3. The molecule has 1 heterocycles. The van der Waals surface area contributed by atoms with Crippen molar-refractivity contribution in [2.45, 2.75) is 19.6 Å². The van der Waals surface area contributed by atoms with Crippen LogP contribution < -0.4 is 5.56 Å². The van der Waals surface area contributed by atoms with E-state index in [1.807, 2.05) is 0 Å². The molecule has 0 saturated carbocycles. The van der Waals surface area contributed by atoms with Crippen molar-refractivity contribution >= 4 is 34.3 Å². The summed E-state index contributed by atoms with van der Waals surface area (Å²) >= 11 is 5.79. The molecule has 0 aliphatic rings. The fraction of sp³-hybridized carbons (Fsp3) is 0.158. The van der Waals surface area contributed by atoms with E-state index in [0.717, 1.165) is 4.57 Å². The van der Waals surface area contributed by atoms with Crippen LogP contribution in [0.4, 0.5) is 0 Å². The van der Waals surface area contributed by atoms with Crippen molar-refractivity contribution in [3.8, 4) is 0 Å². The van der Waals surface area contributed by atoms with Gasteiger partial charge in [0.05, 0.1) is 17.2 Å². The molecule has 0 amide bonds. The third-order valence-corrected chi connectivity index (χ3v) is 4.09. The third-order valence-electron chi connectivity index (χ3n) is 3.84. The van der Waals surface area contributed by atoms with Crippen LogP contribution in [0.3, 0.4) is 0 Å². The van der Waals surface area contributed by atoms with E-state index in [1.165, 1.54) is 13.3 Å². The lowest BCUT2D eigenvalue weighted by molar-refractivity contribution is -0.147. The van der Waals surface area contributed by atoms with Crippen LogP contribution in [-0.4, -0.2) is 27.4 Å². The largest absolute Gasteiger partial charge is 0.453 e. The first-order valence-electron chi connectivity index (χ1n) is 7.89. The minimum absolute atomic E-state index is 0.324. The van der Waals surface area contributed by atoms with Crippen molar-refractivity contribution in [3.63, 3.8) is 0 Å². The summed E-state index contributed by atoms with van der Waals surface area (Å²) < 4.78 is 6.32. The van der Waals surface area contributed by atoms with Crippen molar-refractivity contribution < 1.29 is 14.3 Å². The van der Waals surface area contributed by atoms with E-state index < -0.39 is 12.1 Å². The fourth-order valence-corrected chi connectivity index (χ4v) is 2.62. The Labute approximate surface area is 154 Å². The molecule has 0 aliphatic heterocycles. The average molecular weight is 371 g/mol. The minimum atomic E-state index is -0.979. The van der Waals surface area contributed by atoms with Gasteiger partial charge < -0.3 is 4.74 Å². The van der Waals surface area contributed by atoms with Gasteiger partial charge in [0.25, 0.3) is 5.56 Å². The Hall–Kier alpha value is -2.99. The van der Waals surface area contributed by atoms with Crippen LogP contribution >= 0.6 is 11.6 Å². The van der Waals surface area contributed by atoms with Gasteiger partial charge in [0.2, 0.25) is 5.78 Å². The van der Waals surface area contributed by atoms with Crippen LogP contribution in [0, 0.1) is 0 Å². The van der Waals surface area contributed by atoms with Gasteiger partial charge in [-0.05, 0) is 43.3 Å². The zero-order valence-electron chi connectivity index (χ0n) is 13.9. The Morgan fingerprint density at radius 3 is 2.58 bits per heavy atom. The molecule has 1 unspecified atom stereocenters. The van der Waals surface area contributed by atoms with Gasteiger partial charge in [0, 0.05) is 10.6 Å². The highest BCUT2D eigenvalue weighted by Crippen LogP contribution is 2.12. The maximum Gasteiger partial charge on any atom is 0.326 e. The van der Waals surface area contributed by atoms with E-state index in [2.05, 4.69) is 4.98 Å². The average Bonchev–Trinajstić information content (AvgIpc) is 2.64. The van der Waals surface area contributed by atoms with Gasteiger partial charge in [0.15, 0.2) is 6.10 Å². The second-order valence-electron chi connectivity index (χ2n) is 5.70. The first kappa shape index (κ1) is 17.8. The Kier molecular flexibility index (Phi) is 5.14. The van der Waals surface area contributed by atoms with E-state index >= 15 is 0 Å². The number of rotatable bonds is 5. The lowest BCUT2D eigenvalue weighted by atomic mass is 10.1. The molecule has 0 radical (unpaired) electrons. The molecule has 0 bridgehead atoms. The van der Waals surface area contributed by atoms with Crippen LogP contribution in [0.2, 0.25) is 5.02 Å². The van der Waals surface area contributed by atoms with Crippen molar-refractivity contribution in [1.29, 1.82) is 0 Å². The highest BCUT2D eigenvalue weighted by molar-refractivity contribution is 6.30. The number of ether oxygens (including phenoxy) is 1. The summed E-state index contributed by atoms with van der Waals surface area (Å²) in [6.45, 7) is 1.16. The molecule has 1 atom stereocenters. The summed E-state index contributed by atoms with van der Waals surface area (Å²) in [5.74, 6) is -1.04. The molecule has 132 valence electrons. The topological polar surface area (TPSA) is 78.3 Å². The van der Waals surface area contributed by atoms with Crippen molar-refractivity contribution in [2.24, 2.45) is 0 Å². The second-order valence-corrected chi connectivity index (χ2v) is 6.13. The van der Waals surface area contributed by atoms with Gasteiger partial charge in [0.1, 0.15) is 6.54 Å². The SMILES string of the molecule is CC(OC(=O)Cn1cnc2ccccc2c1=O)C(=O)c1ccc(Cl)cc1. The van der Waals surface area contributed by atoms with Gasteiger partial charge in [-0.25, -0.2) is 4.98 Å². The number of benzene rings is 2. The number of nitrogens with zero attached hydrogens (tertiary/aromatic N) is 2. The first-order chi connectivity index (χ1) is 12.5. The van der Waals surface area contributed by atoms with Gasteiger partial charge in [-0.1, -0.05) is 23.7 Å². The number of carbonyl (C=O) groups is 2. The fourth-order valence-electron chi connectivity index (χ4n) is 2.49. The number of esters is 1. The molecule has 0 fully saturated rings. The number of fused-ring (bicyclic) bond motifs is 1. The molecule has 3 aromatic rings. The molecule has 3 rings (SSSR count). The molecule has 2 aromatic carbocycles. The predicted octanol–water partition coefficient (Wildman–Crippen LogP) is 2.86. The molecule has 0 saturated heterocycles. The molecule has 6 nitrogen and oxygen atoms in total. The lowest BCUT2D eigenvalue weighted by Crippen LogP contribution is -2.30. The summed E-state index contributed by atoms with van der Waals surface area (Å²) in [5, 5.41) is 0.919. The van der Waals surface area contributed by atoms with E-state index in [0.29, 0.717) is 21.5 Å². The number of ketones is 1. The number of halogens is 1. The number of aromatic nitrogens is 2. The number of hydrogen-bond donors (Lipinski definition) is 0. The highest BCUT2D eigenvalue weighted by Gasteiger charge is 2.20. The molecule has 7 heteroatoms. The van der Waals surface area contributed by atoms with Crippen LogP contribution in [0.1, 0.15) is 17.3 Å². The van der Waals surface area contributed by atoms with Crippen molar-refractivity contribution in [2.75, 3.05) is 0 Å². The van der Waals surface area contributed by atoms with Crippen molar-refractivity contribution in [3.05, 3.63) is 75.8 Å². The smallest absolute Gasteiger partial charge is 0.326 e. The number of Topliss-reactive ketones (excluding diaryl/α,β-unsaturated/α-hetero) is 1. The zero-order valence-corrected chi connectivity index (χ0v) is 14.6. The first-order valence-corrected chi connectivity index (χ1v) is 8.27. The van der Waals surface area contributed by atoms with Crippen LogP contribution in [-0.2, 0) is 16.1 Å². The Morgan fingerprint density at radius 1 is 1.15 bits per heavy atom. The summed E-state index contributed by atoms with van der Waals surface area (Å²) in [6, 6.07) is 13.1. The van der Waals surface area contributed by atoms with E-state index in [1.54, 1.807) is 48.5 Å².